The Labute approximate surface area is 175 Å². The average molecular weight is 458 g/mol. The van der Waals surface area contributed by atoms with E-state index in [9.17, 15) is 8.42 Å². The molecular weight excluding hydrogens is 434 g/mol. The first kappa shape index (κ1) is 19.5. The van der Waals surface area contributed by atoms with Crippen molar-refractivity contribution in [1.82, 2.24) is 0 Å². The van der Waals surface area contributed by atoms with Crippen LogP contribution in [0.25, 0.3) is 0 Å². The molecule has 0 bridgehead atoms. The highest BCUT2D eigenvalue weighted by molar-refractivity contribution is 9.10. The van der Waals surface area contributed by atoms with Crippen LogP contribution in [0.2, 0.25) is 0 Å². The highest BCUT2D eigenvalue weighted by Crippen LogP contribution is 2.50. The number of rotatable bonds is 5. The number of allylic oxidation sites excluding steroid dienone is 3. The van der Waals surface area contributed by atoms with Crippen molar-refractivity contribution < 1.29 is 8.42 Å². The fraction of sp³-hybridized carbons (Fsp3) is 0.304. The molecular formula is C23H24BrNO2S. The van der Waals surface area contributed by atoms with Gasteiger partial charge in [0.25, 0.3) is 0 Å². The molecule has 3 nitrogen and oxygen atoms in total. The molecule has 1 aliphatic carbocycles. The Morgan fingerprint density at radius 1 is 1.21 bits per heavy atom. The summed E-state index contributed by atoms with van der Waals surface area (Å²) in [4.78, 5) is 0.412. The van der Waals surface area contributed by atoms with Crippen LogP contribution in [0.4, 0.5) is 5.69 Å². The van der Waals surface area contributed by atoms with Crippen LogP contribution in [0.3, 0.4) is 0 Å². The Morgan fingerprint density at radius 3 is 2.68 bits per heavy atom. The monoisotopic (exact) mass is 457 g/mol. The standard InChI is InChI=1S/C23H24BrNO2S/c1-15(2)12-13-28(26,27)18-10-11-22-21(14-18)19-4-3-5-20(19)23(25-22)16-6-8-17(24)9-7-16/h3-4,6-11,14,19-20,23,25H,1,5,12-13H2,2H3/t19-,20+,23+/m0/s1. The Morgan fingerprint density at radius 2 is 1.96 bits per heavy atom. The maximum atomic E-state index is 12.7. The first-order chi connectivity index (χ1) is 13.3. The highest BCUT2D eigenvalue weighted by atomic mass is 79.9. The van der Waals surface area contributed by atoms with Crippen molar-refractivity contribution in [1.29, 1.82) is 0 Å². The molecule has 3 atom stereocenters. The van der Waals surface area contributed by atoms with E-state index in [1.165, 1.54) is 5.56 Å². The Bertz CT molecular complexity index is 1040. The van der Waals surface area contributed by atoms with E-state index in [4.69, 9.17) is 0 Å². The molecule has 0 saturated carbocycles. The third-order valence-corrected chi connectivity index (χ3v) is 7.96. The molecule has 0 unspecified atom stereocenters. The van der Waals surface area contributed by atoms with Crippen molar-refractivity contribution in [3.63, 3.8) is 0 Å². The van der Waals surface area contributed by atoms with Gasteiger partial charge < -0.3 is 5.32 Å². The van der Waals surface area contributed by atoms with Crippen molar-refractivity contribution in [2.75, 3.05) is 11.1 Å². The lowest BCUT2D eigenvalue weighted by Gasteiger charge is -2.37. The maximum absolute atomic E-state index is 12.7. The summed E-state index contributed by atoms with van der Waals surface area (Å²) in [6, 6.07) is 14.2. The normalized spacial score (nSPS) is 23.0. The Kier molecular flexibility index (Phi) is 5.23. The van der Waals surface area contributed by atoms with Gasteiger partial charge in [0.05, 0.1) is 16.7 Å². The number of anilines is 1. The van der Waals surface area contributed by atoms with E-state index in [-0.39, 0.29) is 17.7 Å². The number of halogens is 1. The molecule has 2 aromatic rings. The zero-order valence-corrected chi connectivity index (χ0v) is 18.3. The average Bonchev–Trinajstić information content (AvgIpc) is 3.16. The lowest BCUT2D eigenvalue weighted by molar-refractivity contribution is 0.425. The zero-order valence-electron chi connectivity index (χ0n) is 15.9. The quantitative estimate of drug-likeness (QED) is 0.558. The number of fused-ring (bicyclic) bond motifs is 3. The molecule has 2 aliphatic rings. The van der Waals surface area contributed by atoms with Gasteiger partial charge in [-0.1, -0.05) is 45.8 Å². The first-order valence-corrected chi connectivity index (χ1v) is 12.0. The van der Waals surface area contributed by atoms with Crippen LogP contribution >= 0.6 is 15.9 Å². The minimum atomic E-state index is -3.31. The molecule has 4 rings (SSSR count). The van der Waals surface area contributed by atoms with E-state index in [2.05, 4.69) is 64.2 Å². The van der Waals surface area contributed by atoms with Crippen LogP contribution < -0.4 is 5.32 Å². The minimum Gasteiger partial charge on any atom is -0.378 e. The van der Waals surface area contributed by atoms with Crippen LogP contribution in [0.5, 0.6) is 0 Å². The summed E-state index contributed by atoms with van der Waals surface area (Å²) >= 11 is 3.50. The zero-order chi connectivity index (χ0) is 19.9. The van der Waals surface area contributed by atoms with Gasteiger partial charge >= 0.3 is 0 Å². The molecule has 1 heterocycles. The molecule has 0 radical (unpaired) electrons. The first-order valence-electron chi connectivity index (χ1n) is 9.55. The summed E-state index contributed by atoms with van der Waals surface area (Å²) < 4.78 is 26.6. The van der Waals surface area contributed by atoms with Gasteiger partial charge in [-0.15, -0.1) is 6.58 Å². The van der Waals surface area contributed by atoms with Crippen LogP contribution in [0, 0.1) is 5.92 Å². The lowest BCUT2D eigenvalue weighted by Crippen LogP contribution is -2.29. The van der Waals surface area contributed by atoms with Gasteiger partial charge in [-0.05, 0) is 67.1 Å². The molecule has 2 aromatic carbocycles. The molecule has 0 saturated heterocycles. The van der Waals surface area contributed by atoms with Crippen molar-refractivity contribution >= 4 is 31.5 Å². The summed E-state index contributed by atoms with van der Waals surface area (Å²) in [5, 5.41) is 3.67. The molecule has 5 heteroatoms. The predicted molar refractivity (Wildman–Crippen MR) is 118 cm³/mol. The van der Waals surface area contributed by atoms with Gasteiger partial charge in [-0.3, -0.25) is 0 Å². The summed E-state index contributed by atoms with van der Waals surface area (Å²) in [6.45, 7) is 5.69. The second-order valence-corrected chi connectivity index (χ2v) is 10.8. The van der Waals surface area contributed by atoms with E-state index in [1.54, 1.807) is 6.07 Å². The SMILES string of the molecule is C=C(C)CCS(=O)(=O)c1ccc2c(c1)[C@H]1C=CC[C@H]1[C@@H](c1ccc(Br)cc1)N2. The van der Waals surface area contributed by atoms with Gasteiger partial charge in [0.1, 0.15) is 0 Å². The summed E-state index contributed by atoms with van der Waals surface area (Å²) in [6.07, 6.45) is 5.94. The predicted octanol–water partition coefficient (Wildman–Crippen LogP) is 6.02. The maximum Gasteiger partial charge on any atom is 0.178 e. The summed E-state index contributed by atoms with van der Waals surface area (Å²) in [5.41, 5.74) is 4.26. The number of benzene rings is 2. The van der Waals surface area contributed by atoms with E-state index < -0.39 is 9.84 Å². The molecule has 0 spiro atoms. The largest absolute Gasteiger partial charge is 0.378 e. The molecule has 0 amide bonds. The number of hydrogen-bond acceptors (Lipinski definition) is 3. The summed E-state index contributed by atoms with van der Waals surface area (Å²) in [5.74, 6) is 0.739. The number of nitrogens with one attached hydrogen (secondary N) is 1. The third-order valence-electron chi connectivity index (χ3n) is 5.72. The Hall–Kier alpha value is -1.85. The highest BCUT2D eigenvalue weighted by Gasteiger charge is 2.38. The molecule has 28 heavy (non-hydrogen) atoms. The van der Waals surface area contributed by atoms with Crippen LogP contribution in [0.15, 0.2) is 76.1 Å². The third kappa shape index (κ3) is 3.70. The minimum absolute atomic E-state index is 0.111. The molecule has 1 aliphatic heterocycles. The fourth-order valence-electron chi connectivity index (χ4n) is 4.19. The Balaban J connectivity index is 1.69. The van der Waals surface area contributed by atoms with Gasteiger partial charge in [-0.2, -0.15) is 0 Å². The van der Waals surface area contributed by atoms with Gasteiger partial charge in [0.15, 0.2) is 9.84 Å². The van der Waals surface area contributed by atoms with E-state index in [0.717, 1.165) is 27.7 Å². The lowest BCUT2D eigenvalue weighted by atomic mass is 9.77. The van der Waals surface area contributed by atoms with Gasteiger partial charge in [0, 0.05) is 16.1 Å². The molecule has 146 valence electrons. The van der Waals surface area contributed by atoms with Gasteiger partial charge in [-0.25, -0.2) is 8.42 Å². The van der Waals surface area contributed by atoms with Crippen molar-refractivity contribution in [3.8, 4) is 0 Å². The second kappa shape index (κ2) is 7.53. The second-order valence-electron chi connectivity index (χ2n) is 7.80. The van der Waals surface area contributed by atoms with Crippen LogP contribution in [-0.2, 0) is 9.84 Å². The van der Waals surface area contributed by atoms with Gasteiger partial charge in [0.2, 0.25) is 0 Å². The number of hydrogen-bond donors (Lipinski definition) is 1. The fourth-order valence-corrected chi connectivity index (χ4v) is 5.89. The van der Waals surface area contributed by atoms with Crippen molar-refractivity contribution in [3.05, 3.63) is 82.4 Å². The number of sulfone groups is 1. The van der Waals surface area contributed by atoms with Crippen molar-refractivity contribution in [2.45, 2.75) is 36.6 Å². The van der Waals surface area contributed by atoms with E-state index in [1.807, 2.05) is 19.1 Å². The smallest absolute Gasteiger partial charge is 0.178 e. The molecule has 0 fully saturated rings. The molecule has 1 N–H and O–H groups in total. The van der Waals surface area contributed by atoms with Crippen molar-refractivity contribution in [2.24, 2.45) is 5.92 Å². The van der Waals surface area contributed by atoms with E-state index >= 15 is 0 Å². The van der Waals surface area contributed by atoms with Crippen LogP contribution in [-0.4, -0.2) is 14.2 Å². The summed E-state index contributed by atoms with van der Waals surface area (Å²) in [7, 11) is -3.31. The van der Waals surface area contributed by atoms with Crippen LogP contribution in [0.1, 0.15) is 42.9 Å². The topological polar surface area (TPSA) is 46.2 Å². The molecule has 0 aromatic heterocycles. The van der Waals surface area contributed by atoms with E-state index in [0.29, 0.717) is 17.2 Å².